The van der Waals surface area contributed by atoms with Gasteiger partial charge < -0.3 is 10.6 Å². The van der Waals surface area contributed by atoms with Crippen molar-refractivity contribution < 1.29 is 4.79 Å². The van der Waals surface area contributed by atoms with Gasteiger partial charge in [-0.05, 0) is 48.8 Å². The van der Waals surface area contributed by atoms with E-state index < -0.39 is 0 Å². The highest BCUT2D eigenvalue weighted by Gasteiger charge is 2.32. The highest BCUT2D eigenvalue weighted by Crippen LogP contribution is 2.36. The molecule has 3 rings (SSSR count). The molecule has 2 fully saturated rings. The number of amides is 1. The van der Waals surface area contributed by atoms with Gasteiger partial charge in [-0.3, -0.25) is 4.79 Å². The molecule has 1 heterocycles. The Morgan fingerprint density at radius 2 is 2.00 bits per heavy atom. The van der Waals surface area contributed by atoms with Crippen LogP contribution in [0, 0.1) is 11.8 Å². The summed E-state index contributed by atoms with van der Waals surface area (Å²) < 4.78 is 0. The molecular weight excluding hydrogens is 260 g/mol. The summed E-state index contributed by atoms with van der Waals surface area (Å²) in [7, 11) is 0. The van der Waals surface area contributed by atoms with Crippen LogP contribution in [0.2, 0.25) is 0 Å². The van der Waals surface area contributed by atoms with Gasteiger partial charge in [0.05, 0.1) is 0 Å². The van der Waals surface area contributed by atoms with Crippen molar-refractivity contribution in [1.29, 1.82) is 0 Å². The molecule has 2 N–H and O–H groups in total. The van der Waals surface area contributed by atoms with Gasteiger partial charge in [-0.1, -0.05) is 31.4 Å². The molecule has 0 aromatic heterocycles. The van der Waals surface area contributed by atoms with Crippen molar-refractivity contribution in [2.24, 2.45) is 11.8 Å². The average Bonchev–Trinajstić information content (AvgIpc) is 2.52. The summed E-state index contributed by atoms with van der Waals surface area (Å²) in [6.45, 7) is 1.97. The first-order valence-electron chi connectivity index (χ1n) is 8.34. The Labute approximate surface area is 127 Å². The van der Waals surface area contributed by atoms with Crippen molar-refractivity contribution in [3.8, 4) is 0 Å². The monoisotopic (exact) mass is 286 g/mol. The van der Waals surface area contributed by atoms with Gasteiger partial charge in [0.15, 0.2) is 0 Å². The third kappa shape index (κ3) is 3.58. The Bertz CT molecular complexity index is 500. The molecule has 1 aliphatic carbocycles. The Hall–Kier alpha value is -1.51. The average molecular weight is 286 g/mol. The lowest BCUT2D eigenvalue weighted by Gasteiger charge is -2.41. The maximum atomic E-state index is 12.4. The number of fused-ring (bicyclic) bond motifs is 1. The van der Waals surface area contributed by atoms with Crippen molar-refractivity contribution >= 4 is 11.6 Å². The fourth-order valence-corrected chi connectivity index (χ4v) is 3.99. The van der Waals surface area contributed by atoms with Gasteiger partial charge in [0.1, 0.15) is 0 Å². The van der Waals surface area contributed by atoms with Crippen LogP contribution < -0.4 is 5.73 Å². The molecule has 0 bridgehead atoms. The van der Waals surface area contributed by atoms with Crippen LogP contribution in [0.3, 0.4) is 0 Å². The first-order valence-corrected chi connectivity index (χ1v) is 8.34. The van der Waals surface area contributed by atoms with Crippen LogP contribution in [0.25, 0.3) is 0 Å². The van der Waals surface area contributed by atoms with Crippen molar-refractivity contribution in [2.75, 3.05) is 18.8 Å². The zero-order valence-electron chi connectivity index (χ0n) is 12.8. The molecule has 1 aromatic carbocycles. The SMILES string of the molecule is Nc1cccc(CCC(=O)N2CCC3CCCCC3C2)c1. The Morgan fingerprint density at radius 3 is 2.81 bits per heavy atom. The fourth-order valence-electron chi connectivity index (χ4n) is 3.99. The molecule has 3 heteroatoms. The predicted octanol–water partition coefficient (Wildman–Crippen LogP) is 3.24. The number of piperidine rings is 1. The maximum absolute atomic E-state index is 12.4. The summed E-state index contributed by atoms with van der Waals surface area (Å²) in [6, 6.07) is 7.87. The molecular formula is C18H26N2O. The topological polar surface area (TPSA) is 46.3 Å². The third-order valence-electron chi connectivity index (χ3n) is 5.22. The van der Waals surface area contributed by atoms with Crippen LogP contribution in [-0.2, 0) is 11.2 Å². The lowest BCUT2D eigenvalue weighted by molar-refractivity contribution is -0.134. The Kier molecular flexibility index (Phi) is 4.47. The summed E-state index contributed by atoms with van der Waals surface area (Å²) in [6.07, 6.45) is 8.08. The Morgan fingerprint density at radius 1 is 1.19 bits per heavy atom. The van der Waals surface area contributed by atoms with E-state index >= 15 is 0 Å². The zero-order chi connectivity index (χ0) is 14.7. The molecule has 1 amide bonds. The number of benzene rings is 1. The van der Waals surface area contributed by atoms with Crippen LogP contribution in [0.1, 0.15) is 44.1 Å². The second-order valence-corrected chi connectivity index (χ2v) is 6.68. The summed E-state index contributed by atoms with van der Waals surface area (Å²) in [5.74, 6) is 1.97. The van der Waals surface area contributed by atoms with E-state index in [4.69, 9.17) is 5.73 Å². The normalized spacial score (nSPS) is 25.4. The first-order chi connectivity index (χ1) is 10.2. The Balaban J connectivity index is 1.51. The van der Waals surface area contributed by atoms with E-state index in [1.54, 1.807) is 0 Å². The standard InChI is InChI=1S/C18H26N2O/c19-17-7-3-4-14(12-17)8-9-18(21)20-11-10-15-5-1-2-6-16(15)13-20/h3-4,7,12,15-16H,1-2,5-6,8-11,13,19H2. The number of hydrogen-bond donors (Lipinski definition) is 1. The van der Waals surface area contributed by atoms with Gasteiger partial charge in [-0.25, -0.2) is 0 Å². The lowest BCUT2D eigenvalue weighted by atomic mass is 9.75. The number of nitrogens with two attached hydrogens (primary N) is 1. The lowest BCUT2D eigenvalue weighted by Crippen LogP contribution is -2.44. The number of nitrogens with zero attached hydrogens (tertiary/aromatic N) is 1. The minimum Gasteiger partial charge on any atom is -0.399 e. The van der Waals surface area contributed by atoms with E-state index in [1.807, 2.05) is 18.2 Å². The summed E-state index contributed by atoms with van der Waals surface area (Å²) >= 11 is 0. The maximum Gasteiger partial charge on any atom is 0.222 e. The van der Waals surface area contributed by atoms with Crippen molar-refractivity contribution in [1.82, 2.24) is 4.90 Å². The molecule has 1 saturated carbocycles. The number of anilines is 1. The number of carbonyl (C=O) groups is 1. The van der Waals surface area contributed by atoms with E-state index in [9.17, 15) is 4.79 Å². The van der Waals surface area contributed by atoms with Gasteiger partial charge in [0, 0.05) is 25.2 Å². The largest absolute Gasteiger partial charge is 0.399 e. The second kappa shape index (κ2) is 6.50. The number of rotatable bonds is 3. The van der Waals surface area contributed by atoms with Crippen LogP contribution in [0.4, 0.5) is 5.69 Å². The van der Waals surface area contributed by atoms with Gasteiger partial charge in [0.25, 0.3) is 0 Å². The molecule has 2 atom stereocenters. The summed E-state index contributed by atoms with van der Waals surface area (Å²) in [4.78, 5) is 14.5. The van der Waals surface area contributed by atoms with E-state index in [1.165, 1.54) is 32.1 Å². The van der Waals surface area contributed by atoms with Gasteiger partial charge in [-0.15, -0.1) is 0 Å². The minimum absolute atomic E-state index is 0.321. The third-order valence-corrected chi connectivity index (χ3v) is 5.22. The van der Waals surface area contributed by atoms with Gasteiger partial charge >= 0.3 is 0 Å². The number of nitrogen functional groups attached to an aromatic ring is 1. The number of likely N-dealkylation sites (tertiary alicyclic amines) is 1. The quantitative estimate of drug-likeness (QED) is 0.867. The van der Waals surface area contributed by atoms with Crippen LogP contribution in [0.5, 0.6) is 0 Å². The highest BCUT2D eigenvalue weighted by atomic mass is 16.2. The van der Waals surface area contributed by atoms with Crippen LogP contribution >= 0.6 is 0 Å². The molecule has 1 aliphatic heterocycles. The predicted molar refractivity (Wildman–Crippen MR) is 85.8 cm³/mol. The molecule has 1 aromatic rings. The first kappa shape index (κ1) is 14.4. The number of carbonyl (C=O) groups excluding carboxylic acids is 1. The molecule has 3 nitrogen and oxygen atoms in total. The smallest absolute Gasteiger partial charge is 0.222 e. The summed E-state index contributed by atoms with van der Waals surface area (Å²) in [5.41, 5.74) is 7.73. The number of hydrogen-bond acceptors (Lipinski definition) is 2. The molecule has 1 saturated heterocycles. The van der Waals surface area contributed by atoms with E-state index in [0.717, 1.165) is 42.6 Å². The van der Waals surface area contributed by atoms with Crippen LogP contribution in [0.15, 0.2) is 24.3 Å². The van der Waals surface area contributed by atoms with Crippen molar-refractivity contribution in [3.63, 3.8) is 0 Å². The summed E-state index contributed by atoms with van der Waals surface area (Å²) in [5, 5.41) is 0. The van der Waals surface area contributed by atoms with Crippen molar-refractivity contribution in [2.45, 2.75) is 44.9 Å². The van der Waals surface area contributed by atoms with E-state index in [0.29, 0.717) is 12.3 Å². The molecule has 21 heavy (non-hydrogen) atoms. The van der Waals surface area contributed by atoms with Gasteiger partial charge in [0.2, 0.25) is 5.91 Å². The molecule has 0 spiro atoms. The second-order valence-electron chi connectivity index (χ2n) is 6.68. The molecule has 2 aliphatic rings. The van der Waals surface area contributed by atoms with Crippen molar-refractivity contribution in [3.05, 3.63) is 29.8 Å². The van der Waals surface area contributed by atoms with E-state index in [2.05, 4.69) is 11.0 Å². The number of aryl methyl sites for hydroxylation is 1. The van der Waals surface area contributed by atoms with Crippen LogP contribution in [-0.4, -0.2) is 23.9 Å². The van der Waals surface area contributed by atoms with E-state index in [-0.39, 0.29) is 0 Å². The molecule has 114 valence electrons. The molecule has 2 unspecified atom stereocenters. The highest BCUT2D eigenvalue weighted by molar-refractivity contribution is 5.76. The minimum atomic E-state index is 0.321. The zero-order valence-corrected chi connectivity index (χ0v) is 12.8. The molecule has 0 radical (unpaired) electrons. The van der Waals surface area contributed by atoms with Gasteiger partial charge in [-0.2, -0.15) is 0 Å². The fraction of sp³-hybridized carbons (Fsp3) is 0.611.